The van der Waals surface area contributed by atoms with E-state index in [1.807, 2.05) is 43.7 Å². The lowest BCUT2D eigenvalue weighted by molar-refractivity contribution is -0.145. The number of likely N-dealkylation sites (tertiary alicyclic amines) is 1. The summed E-state index contributed by atoms with van der Waals surface area (Å²) < 4.78 is 33.1. The maximum Gasteiger partial charge on any atom is 0.410 e. The van der Waals surface area contributed by atoms with Gasteiger partial charge in [-0.2, -0.15) is 0 Å². The van der Waals surface area contributed by atoms with E-state index in [9.17, 15) is 23.5 Å². The first-order valence-electron chi connectivity index (χ1n) is 15.7. The number of nitrogens with zero attached hydrogens (tertiary/aromatic N) is 3. The molecule has 0 radical (unpaired) electrons. The van der Waals surface area contributed by atoms with E-state index in [2.05, 4.69) is 4.90 Å². The highest BCUT2D eigenvalue weighted by Crippen LogP contribution is 2.43. The molecule has 0 aromatic heterocycles. The molecule has 0 spiro atoms. The molecule has 1 aliphatic carbocycles. The Kier molecular flexibility index (Phi) is 11.5. The third kappa shape index (κ3) is 8.54. The molecule has 236 valence electrons. The van der Waals surface area contributed by atoms with Gasteiger partial charge in [-0.3, -0.25) is 9.69 Å². The molecule has 7 nitrogen and oxygen atoms in total. The fourth-order valence-electron chi connectivity index (χ4n) is 7.15. The Balaban J connectivity index is 1.39. The van der Waals surface area contributed by atoms with Gasteiger partial charge in [-0.1, -0.05) is 45.0 Å². The third-order valence-electron chi connectivity index (χ3n) is 9.31. The highest BCUT2D eigenvalue weighted by molar-refractivity contribution is 5.73. The van der Waals surface area contributed by atoms with E-state index in [1.54, 1.807) is 24.3 Å². The molecule has 2 aromatic rings. The standard InChI is InChI=1S/C34H47F2N3O4/c1-5-15-39(34(42)43-22-24-9-11-27(35)12-10-24)29-13-16-38(17-14-29)21-26-19-30(37(4)32(23(2)3)33(40)41)20-31(26)25-7-6-8-28(36)18-25/h6-12,18,23,26,29-32H,5,13-17,19-22H2,1-4H3,(H,40,41)/t26?,30?,31?,32-/m1/s1. The van der Waals surface area contributed by atoms with Crippen molar-refractivity contribution in [2.45, 2.75) is 83.5 Å². The van der Waals surface area contributed by atoms with Gasteiger partial charge in [0.15, 0.2) is 0 Å². The topological polar surface area (TPSA) is 73.3 Å². The number of piperidine rings is 1. The first-order chi connectivity index (χ1) is 20.6. The van der Waals surface area contributed by atoms with Crippen molar-refractivity contribution in [1.82, 2.24) is 14.7 Å². The van der Waals surface area contributed by atoms with Crippen LogP contribution in [0.25, 0.3) is 0 Å². The number of halogens is 2. The maximum atomic E-state index is 14.3. The Bertz CT molecular complexity index is 1200. The molecule has 1 amide bonds. The van der Waals surface area contributed by atoms with E-state index in [1.165, 1.54) is 18.2 Å². The number of rotatable bonds is 12. The molecule has 1 saturated heterocycles. The Morgan fingerprint density at radius 3 is 2.33 bits per heavy atom. The largest absolute Gasteiger partial charge is 0.480 e. The van der Waals surface area contributed by atoms with Crippen molar-refractivity contribution < 1.29 is 28.2 Å². The van der Waals surface area contributed by atoms with Gasteiger partial charge in [0.05, 0.1) is 0 Å². The number of aliphatic carboxylic acids is 1. The highest BCUT2D eigenvalue weighted by Gasteiger charge is 2.42. The minimum Gasteiger partial charge on any atom is -0.480 e. The summed E-state index contributed by atoms with van der Waals surface area (Å²) in [5, 5.41) is 9.92. The van der Waals surface area contributed by atoms with Crippen LogP contribution in [0.4, 0.5) is 13.6 Å². The summed E-state index contributed by atoms with van der Waals surface area (Å²) in [6.45, 7) is 9.18. The van der Waals surface area contributed by atoms with E-state index in [-0.39, 0.29) is 54.2 Å². The Labute approximate surface area is 254 Å². The van der Waals surface area contributed by atoms with Crippen molar-refractivity contribution in [3.63, 3.8) is 0 Å². The van der Waals surface area contributed by atoms with Crippen LogP contribution in [0.5, 0.6) is 0 Å². The number of benzene rings is 2. The highest BCUT2D eigenvalue weighted by atomic mass is 19.1. The Hall–Kier alpha value is -3.04. The second-order valence-corrected chi connectivity index (χ2v) is 12.6. The molecule has 2 aliphatic rings. The van der Waals surface area contributed by atoms with Crippen molar-refractivity contribution >= 4 is 12.1 Å². The molecule has 0 bridgehead atoms. The van der Waals surface area contributed by atoms with Crippen molar-refractivity contribution in [3.05, 3.63) is 71.3 Å². The number of carbonyl (C=O) groups excluding carboxylic acids is 1. The van der Waals surface area contributed by atoms with Crippen LogP contribution < -0.4 is 0 Å². The second-order valence-electron chi connectivity index (χ2n) is 12.6. The predicted octanol–water partition coefficient (Wildman–Crippen LogP) is 6.38. The van der Waals surface area contributed by atoms with Gasteiger partial charge in [0.2, 0.25) is 0 Å². The molecule has 4 atom stereocenters. The average molecular weight is 600 g/mol. The van der Waals surface area contributed by atoms with Gasteiger partial charge in [-0.05, 0) is 92.3 Å². The molecule has 2 aromatic carbocycles. The summed E-state index contributed by atoms with van der Waals surface area (Å²) in [7, 11) is 1.91. The predicted molar refractivity (Wildman–Crippen MR) is 163 cm³/mol. The van der Waals surface area contributed by atoms with Gasteiger partial charge in [-0.25, -0.2) is 13.6 Å². The van der Waals surface area contributed by atoms with Crippen LogP contribution in [-0.4, -0.2) is 83.2 Å². The van der Waals surface area contributed by atoms with Crippen LogP contribution >= 0.6 is 0 Å². The first-order valence-corrected chi connectivity index (χ1v) is 15.7. The molecule has 3 unspecified atom stereocenters. The minimum atomic E-state index is -0.807. The Morgan fingerprint density at radius 2 is 1.72 bits per heavy atom. The van der Waals surface area contributed by atoms with Crippen molar-refractivity contribution in [3.8, 4) is 0 Å². The number of hydrogen-bond donors (Lipinski definition) is 1. The summed E-state index contributed by atoms with van der Waals surface area (Å²) in [6.07, 6.45) is 3.80. The van der Waals surface area contributed by atoms with Gasteiger partial charge in [-0.15, -0.1) is 0 Å². The third-order valence-corrected chi connectivity index (χ3v) is 9.31. The number of carboxylic acid groups (broad SMARTS) is 1. The van der Waals surface area contributed by atoms with Gasteiger partial charge in [0.25, 0.3) is 0 Å². The van der Waals surface area contributed by atoms with Crippen LogP contribution in [0.3, 0.4) is 0 Å². The number of carboxylic acids is 1. The van der Waals surface area contributed by atoms with Gasteiger partial charge >= 0.3 is 12.1 Å². The summed E-state index contributed by atoms with van der Waals surface area (Å²) in [6, 6.07) is 12.4. The lowest BCUT2D eigenvalue weighted by Gasteiger charge is -2.39. The summed E-state index contributed by atoms with van der Waals surface area (Å²) in [5.41, 5.74) is 1.72. The van der Waals surface area contributed by atoms with Crippen LogP contribution in [-0.2, 0) is 16.1 Å². The number of carbonyl (C=O) groups is 2. The maximum absolute atomic E-state index is 14.3. The molecular weight excluding hydrogens is 552 g/mol. The Morgan fingerprint density at radius 1 is 1.02 bits per heavy atom. The molecule has 2 fully saturated rings. The van der Waals surface area contributed by atoms with Gasteiger partial charge in [0.1, 0.15) is 24.3 Å². The lowest BCUT2D eigenvalue weighted by atomic mass is 9.88. The van der Waals surface area contributed by atoms with Gasteiger partial charge < -0.3 is 19.6 Å². The van der Waals surface area contributed by atoms with Crippen molar-refractivity contribution in [1.29, 1.82) is 0 Å². The number of likely N-dealkylation sites (N-methyl/N-ethyl adjacent to an activating group) is 1. The molecule has 1 N–H and O–H groups in total. The minimum absolute atomic E-state index is 0.0263. The smallest absolute Gasteiger partial charge is 0.410 e. The number of amides is 1. The van der Waals surface area contributed by atoms with E-state index in [0.29, 0.717) is 6.54 Å². The van der Waals surface area contributed by atoms with Crippen molar-refractivity contribution in [2.24, 2.45) is 11.8 Å². The van der Waals surface area contributed by atoms with Crippen LogP contribution in [0.1, 0.15) is 69.9 Å². The zero-order valence-corrected chi connectivity index (χ0v) is 25.9. The van der Waals surface area contributed by atoms with Crippen LogP contribution in [0, 0.1) is 23.5 Å². The van der Waals surface area contributed by atoms with E-state index >= 15 is 0 Å². The van der Waals surface area contributed by atoms with E-state index < -0.39 is 12.0 Å². The molecule has 1 aliphatic heterocycles. The van der Waals surface area contributed by atoms with Gasteiger partial charge in [0, 0.05) is 38.3 Å². The number of ether oxygens (including phenoxy) is 1. The summed E-state index contributed by atoms with van der Waals surface area (Å²) in [5.74, 6) is -1.00. The van der Waals surface area contributed by atoms with Crippen molar-refractivity contribution in [2.75, 3.05) is 33.2 Å². The fraction of sp³-hybridized carbons (Fsp3) is 0.588. The van der Waals surface area contributed by atoms with E-state index in [4.69, 9.17) is 4.74 Å². The molecule has 43 heavy (non-hydrogen) atoms. The number of hydrogen-bond acceptors (Lipinski definition) is 5. The molecule has 4 rings (SSSR count). The second kappa shape index (κ2) is 15.1. The summed E-state index contributed by atoms with van der Waals surface area (Å²) in [4.78, 5) is 31.4. The average Bonchev–Trinajstić information content (AvgIpc) is 3.39. The normalized spacial score (nSPS) is 22.2. The zero-order chi connectivity index (χ0) is 31.1. The zero-order valence-electron chi connectivity index (χ0n) is 25.9. The van der Waals surface area contributed by atoms with Crippen LogP contribution in [0.15, 0.2) is 48.5 Å². The first kappa shape index (κ1) is 32.9. The molecule has 1 heterocycles. The van der Waals surface area contributed by atoms with Crippen LogP contribution in [0.2, 0.25) is 0 Å². The monoisotopic (exact) mass is 599 g/mol. The SMILES string of the molecule is CCCN(C(=O)OCc1ccc(F)cc1)C1CCN(CC2CC(N(C)[C@@H](C(=O)O)C(C)C)CC2c2cccc(F)c2)CC1. The summed E-state index contributed by atoms with van der Waals surface area (Å²) >= 11 is 0. The lowest BCUT2D eigenvalue weighted by Crippen LogP contribution is -2.49. The quantitative estimate of drug-likeness (QED) is 0.305. The van der Waals surface area contributed by atoms with E-state index in [0.717, 1.165) is 62.9 Å². The molecule has 9 heteroatoms. The molecular formula is C34H47F2N3O4. The molecule has 1 saturated carbocycles. The fourth-order valence-corrected chi connectivity index (χ4v) is 7.15.